The third-order valence-corrected chi connectivity index (χ3v) is 3.59. The van der Waals surface area contributed by atoms with E-state index < -0.39 is 35.9 Å². The first-order valence-corrected chi connectivity index (χ1v) is 4.89. The molecule has 0 radical (unpaired) electrons. The summed E-state index contributed by atoms with van der Waals surface area (Å²) in [4.78, 5) is 21.9. The van der Waals surface area contributed by atoms with Crippen LogP contribution in [0.25, 0.3) is 0 Å². The van der Waals surface area contributed by atoms with Gasteiger partial charge in [-0.2, -0.15) is 0 Å². The van der Waals surface area contributed by atoms with E-state index >= 15 is 0 Å². The number of likely N-dealkylation sites (tertiary alicyclic amines) is 1. The van der Waals surface area contributed by atoms with E-state index in [-0.39, 0.29) is 19.4 Å². The standard InChI is InChI=1S/C9H11F2NO4/c10-9(11)4-12(7(15)16)2-1-8(9)3-5(8)6(13)14/h5H,1-4H2,(H,13,14)(H,15,16). The van der Waals surface area contributed by atoms with Crippen molar-refractivity contribution < 1.29 is 28.6 Å². The van der Waals surface area contributed by atoms with Crippen LogP contribution in [0.15, 0.2) is 0 Å². The molecular formula is C9H11F2NO4. The highest BCUT2D eigenvalue weighted by Crippen LogP contribution is 2.65. The van der Waals surface area contributed by atoms with Crippen LogP contribution < -0.4 is 0 Å². The third-order valence-electron chi connectivity index (χ3n) is 3.59. The molecule has 2 N–H and O–H groups in total. The summed E-state index contributed by atoms with van der Waals surface area (Å²) in [5.74, 6) is -5.49. The van der Waals surface area contributed by atoms with Gasteiger partial charge in [0.25, 0.3) is 5.92 Å². The normalized spacial score (nSPS) is 36.1. The number of amides is 1. The zero-order valence-electron chi connectivity index (χ0n) is 8.32. The maximum absolute atomic E-state index is 13.7. The minimum atomic E-state index is -3.24. The van der Waals surface area contributed by atoms with Gasteiger partial charge in [-0.3, -0.25) is 4.79 Å². The predicted octanol–water partition coefficient (Wildman–Crippen LogP) is 1.10. The predicted molar refractivity (Wildman–Crippen MR) is 47.3 cm³/mol. The monoisotopic (exact) mass is 235 g/mol. The molecule has 2 atom stereocenters. The third kappa shape index (κ3) is 1.34. The Morgan fingerprint density at radius 1 is 1.31 bits per heavy atom. The second kappa shape index (κ2) is 3.05. The van der Waals surface area contributed by atoms with Crippen LogP contribution >= 0.6 is 0 Å². The first-order chi connectivity index (χ1) is 7.30. The van der Waals surface area contributed by atoms with Crippen LogP contribution in [-0.2, 0) is 4.79 Å². The molecule has 90 valence electrons. The van der Waals surface area contributed by atoms with E-state index in [0.717, 1.165) is 0 Å². The molecule has 2 rings (SSSR count). The second-order valence-electron chi connectivity index (χ2n) is 4.41. The number of hydrogen-bond donors (Lipinski definition) is 2. The number of carbonyl (C=O) groups is 2. The van der Waals surface area contributed by atoms with Gasteiger partial charge in [0.2, 0.25) is 0 Å². The van der Waals surface area contributed by atoms with Gasteiger partial charge in [-0.25, -0.2) is 13.6 Å². The van der Waals surface area contributed by atoms with Crippen molar-refractivity contribution in [2.75, 3.05) is 13.1 Å². The van der Waals surface area contributed by atoms with Gasteiger partial charge in [-0.05, 0) is 12.8 Å². The van der Waals surface area contributed by atoms with E-state index in [0.29, 0.717) is 4.90 Å². The van der Waals surface area contributed by atoms with Gasteiger partial charge in [0, 0.05) is 6.54 Å². The molecule has 1 saturated heterocycles. The van der Waals surface area contributed by atoms with Crippen molar-refractivity contribution in [3.05, 3.63) is 0 Å². The van der Waals surface area contributed by atoms with Gasteiger partial charge in [-0.15, -0.1) is 0 Å². The number of rotatable bonds is 1. The number of carboxylic acid groups (broad SMARTS) is 2. The van der Waals surface area contributed by atoms with E-state index in [9.17, 15) is 18.4 Å². The zero-order chi connectivity index (χ0) is 12.1. The van der Waals surface area contributed by atoms with Gasteiger partial charge >= 0.3 is 12.1 Å². The van der Waals surface area contributed by atoms with Gasteiger partial charge in [0.15, 0.2) is 0 Å². The van der Waals surface area contributed by atoms with E-state index in [1.165, 1.54) is 0 Å². The summed E-state index contributed by atoms with van der Waals surface area (Å²) >= 11 is 0. The summed E-state index contributed by atoms with van der Waals surface area (Å²) in [6.07, 6.45) is -1.52. The van der Waals surface area contributed by atoms with Crippen LogP contribution in [0.3, 0.4) is 0 Å². The van der Waals surface area contributed by atoms with E-state index in [2.05, 4.69) is 0 Å². The Bertz CT molecular complexity index is 359. The summed E-state index contributed by atoms with van der Waals surface area (Å²) < 4.78 is 27.4. The maximum Gasteiger partial charge on any atom is 0.407 e. The van der Waals surface area contributed by atoms with Crippen molar-refractivity contribution in [1.82, 2.24) is 4.90 Å². The Balaban J connectivity index is 2.16. The lowest BCUT2D eigenvalue weighted by atomic mass is 9.87. The average molecular weight is 235 g/mol. The van der Waals surface area contributed by atoms with Crippen LogP contribution in [0.5, 0.6) is 0 Å². The molecule has 0 aromatic heterocycles. The van der Waals surface area contributed by atoms with Crippen LogP contribution in [0.4, 0.5) is 13.6 Å². The quantitative estimate of drug-likeness (QED) is 0.713. The molecule has 1 spiro atoms. The van der Waals surface area contributed by atoms with Crippen molar-refractivity contribution in [2.24, 2.45) is 11.3 Å². The molecule has 16 heavy (non-hydrogen) atoms. The Labute approximate surface area is 89.6 Å². The van der Waals surface area contributed by atoms with Crippen LogP contribution in [0.2, 0.25) is 0 Å². The highest BCUT2D eigenvalue weighted by molar-refractivity contribution is 5.75. The number of alkyl halides is 2. The van der Waals surface area contributed by atoms with Gasteiger partial charge in [-0.1, -0.05) is 0 Å². The van der Waals surface area contributed by atoms with Crippen LogP contribution in [0, 0.1) is 11.3 Å². The molecule has 1 amide bonds. The average Bonchev–Trinajstić information content (AvgIpc) is 2.86. The minimum Gasteiger partial charge on any atom is -0.481 e. The molecule has 1 aliphatic heterocycles. The SMILES string of the molecule is O=C(O)C1CC12CCN(C(=O)O)CC2(F)F. The van der Waals surface area contributed by atoms with Gasteiger partial charge in [0.05, 0.1) is 17.9 Å². The minimum absolute atomic E-state index is 0.0191. The molecule has 1 aliphatic carbocycles. The van der Waals surface area contributed by atoms with Crippen LogP contribution in [0.1, 0.15) is 12.8 Å². The number of nitrogens with zero attached hydrogens (tertiary/aromatic N) is 1. The maximum atomic E-state index is 13.7. The number of piperidine rings is 1. The lowest BCUT2D eigenvalue weighted by Gasteiger charge is -2.37. The highest BCUT2D eigenvalue weighted by atomic mass is 19.3. The van der Waals surface area contributed by atoms with Crippen LogP contribution in [-0.4, -0.2) is 46.2 Å². The number of aliphatic carboxylic acids is 1. The first-order valence-electron chi connectivity index (χ1n) is 4.89. The topological polar surface area (TPSA) is 77.8 Å². The molecule has 2 unspecified atom stereocenters. The molecule has 2 aliphatic rings. The summed E-state index contributed by atoms with van der Waals surface area (Å²) in [7, 11) is 0. The Morgan fingerprint density at radius 2 is 1.94 bits per heavy atom. The number of carboxylic acids is 1. The van der Waals surface area contributed by atoms with Crippen molar-refractivity contribution in [1.29, 1.82) is 0 Å². The molecule has 0 aromatic rings. The molecule has 2 fully saturated rings. The number of halogens is 2. The zero-order valence-corrected chi connectivity index (χ0v) is 8.32. The van der Waals surface area contributed by atoms with Gasteiger partial charge in [0.1, 0.15) is 0 Å². The van der Waals surface area contributed by atoms with Crippen molar-refractivity contribution in [3.8, 4) is 0 Å². The molecule has 5 nitrogen and oxygen atoms in total. The van der Waals surface area contributed by atoms with Crippen molar-refractivity contribution in [3.63, 3.8) is 0 Å². The second-order valence-corrected chi connectivity index (χ2v) is 4.41. The fourth-order valence-corrected chi connectivity index (χ4v) is 2.47. The molecule has 0 aromatic carbocycles. The molecule has 1 saturated carbocycles. The van der Waals surface area contributed by atoms with Crippen molar-refractivity contribution in [2.45, 2.75) is 18.8 Å². The van der Waals surface area contributed by atoms with Gasteiger partial charge < -0.3 is 15.1 Å². The van der Waals surface area contributed by atoms with E-state index in [1.54, 1.807) is 0 Å². The Kier molecular flexibility index (Phi) is 2.12. The van der Waals surface area contributed by atoms with E-state index in [1.807, 2.05) is 0 Å². The summed E-state index contributed by atoms with van der Waals surface area (Å²) in [5.41, 5.74) is -1.51. The fraction of sp³-hybridized carbons (Fsp3) is 0.778. The lowest BCUT2D eigenvalue weighted by Crippen LogP contribution is -2.52. The highest BCUT2D eigenvalue weighted by Gasteiger charge is 2.73. The van der Waals surface area contributed by atoms with Crippen molar-refractivity contribution >= 4 is 12.1 Å². The lowest BCUT2D eigenvalue weighted by molar-refractivity contribution is -0.150. The Morgan fingerprint density at radius 3 is 2.31 bits per heavy atom. The largest absolute Gasteiger partial charge is 0.481 e. The Hall–Kier alpha value is -1.40. The van der Waals surface area contributed by atoms with E-state index in [4.69, 9.17) is 10.2 Å². The summed E-state index contributed by atoms with van der Waals surface area (Å²) in [6.45, 7) is -0.916. The smallest absolute Gasteiger partial charge is 0.407 e. The molecular weight excluding hydrogens is 224 g/mol. The molecule has 1 heterocycles. The first kappa shape index (κ1) is 11.1. The fourth-order valence-electron chi connectivity index (χ4n) is 2.47. The molecule has 7 heteroatoms. The summed E-state index contributed by atoms with van der Waals surface area (Å²) in [6, 6.07) is 0. The molecule has 0 bridgehead atoms. The number of hydrogen-bond acceptors (Lipinski definition) is 2. The summed E-state index contributed by atoms with van der Waals surface area (Å²) in [5, 5.41) is 17.3.